The van der Waals surface area contributed by atoms with Crippen molar-refractivity contribution in [3.8, 4) is 0 Å². The lowest BCUT2D eigenvalue weighted by Gasteiger charge is -2.31. The molecule has 2 fully saturated rings. The Morgan fingerprint density at radius 2 is 1.81 bits per heavy atom. The zero-order valence-corrected chi connectivity index (χ0v) is 14.6. The average molecular weight is 379 g/mol. The van der Waals surface area contributed by atoms with Crippen LogP contribution in [0.15, 0.2) is 28.8 Å². The number of amides is 1. The van der Waals surface area contributed by atoms with Gasteiger partial charge >= 0.3 is 6.18 Å². The van der Waals surface area contributed by atoms with Crippen molar-refractivity contribution >= 4 is 11.8 Å². The third kappa shape index (κ3) is 3.65. The van der Waals surface area contributed by atoms with E-state index in [0.29, 0.717) is 31.5 Å². The minimum absolute atomic E-state index is 0.0854. The summed E-state index contributed by atoms with van der Waals surface area (Å²) < 4.78 is 44.5. The highest BCUT2D eigenvalue weighted by molar-refractivity contribution is 5.94. The molecule has 2 N–H and O–H groups in total. The van der Waals surface area contributed by atoms with Crippen molar-refractivity contribution in [1.29, 1.82) is 0 Å². The molecule has 4 rings (SSSR count). The third-order valence-corrected chi connectivity index (χ3v) is 5.37. The Morgan fingerprint density at radius 3 is 2.37 bits per heavy atom. The number of anilines is 1. The molecule has 1 saturated heterocycles. The molecular weight excluding hydrogens is 359 g/mol. The maximum absolute atomic E-state index is 13.2. The minimum Gasteiger partial charge on any atom is -0.368 e. The van der Waals surface area contributed by atoms with Crippen molar-refractivity contribution in [2.45, 2.75) is 43.7 Å². The lowest BCUT2D eigenvalue weighted by Crippen LogP contribution is -2.38. The molecule has 0 spiro atoms. The molecule has 5 nitrogen and oxygen atoms in total. The van der Waals surface area contributed by atoms with Gasteiger partial charge in [0.05, 0.1) is 11.3 Å². The summed E-state index contributed by atoms with van der Waals surface area (Å²) in [5.74, 6) is 0.132. The quantitative estimate of drug-likeness (QED) is 0.869. The zero-order valence-electron chi connectivity index (χ0n) is 14.6. The number of halogens is 3. The van der Waals surface area contributed by atoms with E-state index in [1.54, 1.807) is 11.0 Å². The van der Waals surface area contributed by atoms with Gasteiger partial charge in [0.25, 0.3) is 5.91 Å². The molecule has 0 unspecified atom stereocenters. The molecule has 1 aromatic heterocycles. The molecule has 0 atom stereocenters. The standard InChI is InChI=1S/C19H20F3N3O2/c20-19(21,22)15-4-3-13(9-14(15)11-1-2-11)18(26)25-7-5-12(6-8-25)16-10-17(23)27-24-16/h3-4,9-12H,1-2,5-8,23H2. The number of piperidine rings is 1. The lowest BCUT2D eigenvalue weighted by molar-refractivity contribution is -0.138. The highest BCUT2D eigenvalue weighted by Crippen LogP contribution is 2.46. The molecule has 0 radical (unpaired) electrons. The van der Waals surface area contributed by atoms with E-state index in [1.807, 2.05) is 0 Å². The Kier molecular flexibility index (Phi) is 4.36. The normalized spacial score (nSPS) is 18.7. The summed E-state index contributed by atoms with van der Waals surface area (Å²) >= 11 is 0. The second kappa shape index (κ2) is 6.58. The van der Waals surface area contributed by atoms with Crippen LogP contribution in [0.1, 0.15) is 64.7 Å². The molecule has 8 heteroatoms. The maximum Gasteiger partial charge on any atom is 0.416 e. The molecule has 1 amide bonds. The van der Waals surface area contributed by atoms with E-state index < -0.39 is 11.7 Å². The maximum atomic E-state index is 13.2. The highest BCUT2D eigenvalue weighted by atomic mass is 19.4. The van der Waals surface area contributed by atoms with Crippen LogP contribution in [0.4, 0.5) is 19.1 Å². The smallest absolute Gasteiger partial charge is 0.368 e. The molecule has 1 aromatic carbocycles. The number of benzene rings is 1. The monoisotopic (exact) mass is 379 g/mol. The summed E-state index contributed by atoms with van der Waals surface area (Å²) in [4.78, 5) is 14.5. The van der Waals surface area contributed by atoms with E-state index in [0.717, 1.165) is 24.6 Å². The van der Waals surface area contributed by atoms with Gasteiger partial charge in [-0.25, -0.2) is 0 Å². The number of carbonyl (C=O) groups excluding carboxylic acids is 1. The van der Waals surface area contributed by atoms with Gasteiger partial charge in [-0.15, -0.1) is 0 Å². The number of nitrogen functional groups attached to an aromatic ring is 1. The number of rotatable bonds is 3. The first-order valence-corrected chi connectivity index (χ1v) is 9.05. The molecule has 2 aromatic rings. The summed E-state index contributed by atoms with van der Waals surface area (Å²) in [6, 6.07) is 5.47. The Hall–Kier alpha value is -2.51. The predicted octanol–water partition coefficient (Wildman–Crippen LogP) is 4.17. The van der Waals surface area contributed by atoms with Gasteiger partial charge in [-0.05, 0) is 55.4 Å². The van der Waals surface area contributed by atoms with E-state index in [-0.39, 0.29) is 29.2 Å². The molecule has 144 valence electrons. The van der Waals surface area contributed by atoms with E-state index in [2.05, 4.69) is 5.16 Å². The molecule has 1 aliphatic heterocycles. The van der Waals surface area contributed by atoms with Gasteiger partial charge in [0.15, 0.2) is 0 Å². The van der Waals surface area contributed by atoms with Crippen LogP contribution in [0.3, 0.4) is 0 Å². The second-order valence-electron chi connectivity index (χ2n) is 7.29. The second-order valence-corrected chi connectivity index (χ2v) is 7.29. The number of aromatic nitrogens is 1. The van der Waals surface area contributed by atoms with E-state index in [1.165, 1.54) is 12.1 Å². The first-order chi connectivity index (χ1) is 12.8. The summed E-state index contributed by atoms with van der Waals surface area (Å²) in [6.07, 6.45) is -1.47. The largest absolute Gasteiger partial charge is 0.416 e. The van der Waals surface area contributed by atoms with E-state index in [4.69, 9.17) is 10.3 Å². The molecule has 1 aliphatic carbocycles. The fourth-order valence-electron chi connectivity index (χ4n) is 3.74. The first kappa shape index (κ1) is 17.9. The molecular formula is C19H20F3N3O2. The number of alkyl halides is 3. The van der Waals surface area contributed by atoms with Crippen LogP contribution in [-0.4, -0.2) is 29.1 Å². The SMILES string of the molecule is Nc1cc(C2CCN(C(=O)c3ccc(C(F)(F)F)c(C4CC4)c3)CC2)no1. The molecule has 27 heavy (non-hydrogen) atoms. The minimum atomic E-state index is -4.39. The van der Waals surface area contributed by atoms with Crippen LogP contribution >= 0.6 is 0 Å². The van der Waals surface area contributed by atoms with Gasteiger partial charge < -0.3 is 15.2 Å². The topological polar surface area (TPSA) is 72.4 Å². The van der Waals surface area contributed by atoms with Gasteiger partial charge in [-0.2, -0.15) is 13.2 Å². The van der Waals surface area contributed by atoms with Crippen LogP contribution in [-0.2, 0) is 6.18 Å². The van der Waals surface area contributed by atoms with Gasteiger partial charge in [0, 0.05) is 30.6 Å². The van der Waals surface area contributed by atoms with Crippen molar-refractivity contribution < 1.29 is 22.5 Å². The summed E-state index contributed by atoms with van der Waals surface area (Å²) in [5, 5.41) is 3.93. The van der Waals surface area contributed by atoms with Gasteiger partial charge in [0.1, 0.15) is 0 Å². The van der Waals surface area contributed by atoms with Crippen molar-refractivity contribution in [3.63, 3.8) is 0 Å². The van der Waals surface area contributed by atoms with Crippen molar-refractivity contribution in [2.24, 2.45) is 0 Å². The van der Waals surface area contributed by atoms with Crippen LogP contribution in [0, 0.1) is 0 Å². The van der Waals surface area contributed by atoms with Gasteiger partial charge in [0.2, 0.25) is 5.88 Å². The van der Waals surface area contributed by atoms with Crippen molar-refractivity contribution in [1.82, 2.24) is 10.1 Å². The fourth-order valence-corrected chi connectivity index (χ4v) is 3.74. The number of nitrogens with zero attached hydrogens (tertiary/aromatic N) is 2. The van der Waals surface area contributed by atoms with Crippen LogP contribution in [0.2, 0.25) is 0 Å². The number of hydrogen-bond acceptors (Lipinski definition) is 4. The summed E-state index contributed by atoms with van der Waals surface area (Å²) in [5.41, 5.74) is 6.29. The molecule has 1 saturated carbocycles. The average Bonchev–Trinajstić information content (AvgIpc) is 3.41. The molecule has 0 bridgehead atoms. The van der Waals surface area contributed by atoms with Crippen molar-refractivity contribution in [3.05, 3.63) is 46.6 Å². The Morgan fingerprint density at radius 1 is 1.11 bits per heavy atom. The first-order valence-electron chi connectivity index (χ1n) is 9.05. The van der Waals surface area contributed by atoms with Crippen LogP contribution in [0.5, 0.6) is 0 Å². The molecule has 2 heterocycles. The Bertz CT molecular complexity index is 850. The van der Waals surface area contributed by atoms with Gasteiger partial charge in [-0.1, -0.05) is 5.16 Å². The summed E-state index contributed by atoms with van der Waals surface area (Å²) in [6.45, 7) is 1.05. The predicted molar refractivity (Wildman–Crippen MR) is 92.2 cm³/mol. The number of likely N-dealkylation sites (tertiary alicyclic amines) is 1. The van der Waals surface area contributed by atoms with E-state index >= 15 is 0 Å². The number of carbonyl (C=O) groups is 1. The van der Waals surface area contributed by atoms with Gasteiger partial charge in [-0.3, -0.25) is 4.79 Å². The Balaban J connectivity index is 1.48. The summed E-state index contributed by atoms with van der Waals surface area (Å²) in [7, 11) is 0. The number of nitrogens with two attached hydrogens (primary N) is 1. The number of hydrogen-bond donors (Lipinski definition) is 1. The third-order valence-electron chi connectivity index (χ3n) is 5.37. The lowest BCUT2D eigenvalue weighted by atomic mass is 9.93. The molecule has 2 aliphatic rings. The fraction of sp³-hybridized carbons (Fsp3) is 0.474. The van der Waals surface area contributed by atoms with Crippen LogP contribution in [0.25, 0.3) is 0 Å². The van der Waals surface area contributed by atoms with Crippen molar-refractivity contribution in [2.75, 3.05) is 18.8 Å². The van der Waals surface area contributed by atoms with E-state index in [9.17, 15) is 18.0 Å². The zero-order chi connectivity index (χ0) is 19.2. The van der Waals surface area contributed by atoms with Crippen LogP contribution < -0.4 is 5.73 Å². The highest BCUT2D eigenvalue weighted by Gasteiger charge is 2.38. The Labute approximate surface area is 154 Å².